The van der Waals surface area contributed by atoms with Crippen molar-refractivity contribution < 1.29 is 4.79 Å². The summed E-state index contributed by atoms with van der Waals surface area (Å²) in [5.74, 6) is -0.317. The number of nitrogen functional groups attached to an aromatic ring is 1. The average molecular weight is 250 g/mol. The molecule has 0 saturated carbocycles. The second-order valence-electron chi connectivity index (χ2n) is 3.32. The molecule has 2 heterocycles. The maximum atomic E-state index is 11.7. The second kappa shape index (κ2) is 4.79. The molecular formula is C10H10N4O2S. The average Bonchev–Trinajstić information content (AvgIpc) is 2.73. The van der Waals surface area contributed by atoms with Crippen LogP contribution in [0.25, 0.3) is 0 Å². The van der Waals surface area contributed by atoms with Gasteiger partial charge in [0.2, 0.25) is 0 Å². The number of rotatable bonds is 3. The van der Waals surface area contributed by atoms with E-state index >= 15 is 0 Å². The minimum absolute atomic E-state index is 0.143. The zero-order chi connectivity index (χ0) is 12.3. The largest absolute Gasteiger partial charge is 0.398 e. The lowest BCUT2D eigenvalue weighted by Crippen LogP contribution is -2.24. The predicted octanol–water partition coefficient (Wildman–Crippen LogP) is 0.344. The van der Waals surface area contributed by atoms with Gasteiger partial charge in [-0.25, -0.2) is 0 Å². The summed E-state index contributed by atoms with van der Waals surface area (Å²) in [7, 11) is 0. The van der Waals surface area contributed by atoms with Gasteiger partial charge >= 0.3 is 4.87 Å². The van der Waals surface area contributed by atoms with Crippen LogP contribution in [0, 0.1) is 0 Å². The molecule has 0 aliphatic rings. The Morgan fingerprint density at radius 2 is 2.41 bits per heavy atom. The van der Waals surface area contributed by atoms with E-state index in [4.69, 9.17) is 5.73 Å². The number of nitrogens with two attached hydrogens (primary N) is 1. The molecule has 4 N–H and O–H groups in total. The minimum Gasteiger partial charge on any atom is -0.398 e. The summed E-state index contributed by atoms with van der Waals surface area (Å²) >= 11 is 1.06. The molecule has 0 bridgehead atoms. The van der Waals surface area contributed by atoms with Gasteiger partial charge in [-0.15, -0.1) is 0 Å². The highest BCUT2D eigenvalue weighted by Crippen LogP contribution is 2.08. The summed E-state index contributed by atoms with van der Waals surface area (Å²) in [6.45, 7) is 0.256. The fourth-order valence-corrected chi connectivity index (χ4v) is 1.85. The molecule has 0 radical (unpaired) electrons. The van der Waals surface area contributed by atoms with Crippen molar-refractivity contribution in [3.8, 4) is 0 Å². The lowest BCUT2D eigenvalue weighted by Gasteiger charge is -2.05. The molecule has 0 fully saturated rings. The van der Waals surface area contributed by atoms with Gasteiger partial charge in [-0.2, -0.15) is 0 Å². The van der Waals surface area contributed by atoms with Crippen LogP contribution in [0.3, 0.4) is 0 Å². The number of pyridine rings is 1. The molecule has 6 nitrogen and oxygen atoms in total. The van der Waals surface area contributed by atoms with E-state index in [0.29, 0.717) is 16.9 Å². The van der Waals surface area contributed by atoms with Crippen LogP contribution in [0.1, 0.15) is 16.1 Å². The van der Waals surface area contributed by atoms with E-state index in [9.17, 15) is 9.59 Å². The SMILES string of the molecule is Nc1ccncc1C(=O)NCc1csc(=O)[nH]1. The molecule has 0 aliphatic heterocycles. The Kier molecular flexibility index (Phi) is 3.20. The summed E-state index contributed by atoms with van der Waals surface area (Å²) in [6.07, 6.45) is 2.92. The lowest BCUT2D eigenvalue weighted by atomic mass is 10.2. The number of anilines is 1. The normalized spacial score (nSPS) is 10.1. The number of amides is 1. The Morgan fingerprint density at radius 3 is 3.06 bits per heavy atom. The zero-order valence-electron chi connectivity index (χ0n) is 8.77. The predicted molar refractivity (Wildman–Crippen MR) is 64.8 cm³/mol. The van der Waals surface area contributed by atoms with Gasteiger partial charge in [-0.1, -0.05) is 11.3 Å². The number of hydrogen-bond donors (Lipinski definition) is 3. The molecule has 1 amide bonds. The molecular weight excluding hydrogens is 240 g/mol. The summed E-state index contributed by atoms with van der Waals surface area (Å²) in [4.78, 5) is 28.9. The highest BCUT2D eigenvalue weighted by atomic mass is 32.1. The number of carbonyl (C=O) groups excluding carboxylic acids is 1. The van der Waals surface area contributed by atoms with Crippen LogP contribution in [-0.2, 0) is 6.54 Å². The van der Waals surface area contributed by atoms with E-state index in [2.05, 4.69) is 15.3 Å². The van der Waals surface area contributed by atoms with Crippen molar-refractivity contribution >= 4 is 22.9 Å². The molecule has 2 aromatic heterocycles. The minimum atomic E-state index is -0.317. The number of carbonyl (C=O) groups is 1. The maximum absolute atomic E-state index is 11.7. The maximum Gasteiger partial charge on any atom is 0.304 e. The first-order chi connectivity index (χ1) is 8.16. The third kappa shape index (κ3) is 2.70. The summed E-state index contributed by atoms with van der Waals surface area (Å²) in [5.41, 5.74) is 7.00. The Morgan fingerprint density at radius 1 is 1.59 bits per heavy atom. The van der Waals surface area contributed by atoms with Gasteiger partial charge in [-0.3, -0.25) is 14.6 Å². The van der Waals surface area contributed by atoms with E-state index < -0.39 is 0 Å². The van der Waals surface area contributed by atoms with E-state index in [1.807, 2.05) is 0 Å². The molecule has 7 heteroatoms. The van der Waals surface area contributed by atoms with E-state index in [1.54, 1.807) is 11.4 Å². The highest BCUT2D eigenvalue weighted by Gasteiger charge is 2.09. The number of hydrogen-bond acceptors (Lipinski definition) is 5. The van der Waals surface area contributed by atoms with Crippen molar-refractivity contribution in [2.45, 2.75) is 6.54 Å². The number of nitrogens with one attached hydrogen (secondary N) is 2. The summed E-state index contributed by atoms with van der Waals surface area (Å²) in [5, 5.41) is 4.31. The monoisotopic (exact) mass is 250 g/mol. The molecule has 17 heavy (non-hydrogen) atoms. The molecule has 0 spiro atoms. The van der Waals surface area contributed by atoms with Gasteiger partial charge in [0.1, 0.15) is 0 Å². The van der Waals surface area contributed by atoms with Crippen molar-refractivity contribution in [1.82, 2.24) is 15.3 Å². The van der Waals surface area contributed by atoms with Crippen LogP contribution in [-0.4, -0.2) is 15.9 Å². The van der Waals surface area contributed by atoms with E-state index in [-0.39, 0.29) is 17.3 Å². The van der Waals surface area contributed by atoms with Gasteiger partial charge in [0.25, 0.3) is 5.91 Å². The Bertz CT molecular complexity index is 590. The third-order valence-electron chi connectivity index (χ3n) is 2.11. The first kappa shape index (κ1) is 11.3. The molecule has 88 valence electrons. The molecule has 0 unspecified atom stereocenters. The molecule has 0 aromatic carbocycles. The first-order valence-corrected chi connectivity index (χ1v) is 5.69. The lowest BCUT2D eigenvalue weighted by molar-refractivity contribution is 0.0951. The van der Waals surface area contributed by atoms with Gasteiger partial charge in [-0.05, 0) is 6.07 Å². The van der Waals surface area contributed by atoms with Crippen LogP contribution in [0.4, 0.5) is 5.69 Å². The van der Waals surface area contributed by atoms with Gasteiger partial charge in [0.15, 0.2) is 0 Å². The van der Waals surface area contributed by atoms with Crippen molar-refractivity contribution in [1.29, 1.82) is 0 Å². The van der Waals surface area contributed by atoms with Crippen LogP contribution >= 0.6 is 11.3 Å². The number of thiazole rings is 1. The summed E-state index contributed by atoms with van der Waals surface area (Å²) in [6, 6.07) is 1.56. The van der Waals surface area contributed by atoms with Crippen molar-refractivity contribution in [2.24, 2.45) is 0 Å². The van der Waals surface area contributed by atoms with Crippen molar-refractivity contribution in [3.63, 3.8) is 0 Å². The van der Waals surface area contributed by atoms with Gasteiger partial charge in [0, 0.05) is 29.2 Å². The first-order valence-electron chi connectivity index (χ1n) is 4.81. The molecule has 0 atom stereocenters. The highest BCUT2D eigenvalue weighted by molar-refractivity contribution is 7.07. The smallest absolute Gasteiger partial charge is 0.304 e. The Balaban J connectivity index is 2.03. The standard InChI is InChI=1S/C10H10N4O2S/c11-8-1-2-12-4-7(8)9(15)13-3-6-5-17-10(16)14-6/h1-2,4-5H,3H2,(H2,11,12)(H,13,15)(H,14,16). The van der Waals surface area contributed by atoms with Gasteiger partial charge in [0.05, 0.1) is 12.1 Å². The van der Waals surface area contributed by atoms with Crippen LogP contribution in [0.15, 0.2) is 28.6 Å². The quantitative estimate of drug-likeness (QED) is 0.731. The Labute approximate surface area is 101 Å². The van der Waals surface area contributed by atoms with Crippen LogP contribution in [0.2, 0.25) is 0 Å². The molecule has 2 rings (SSSR count). The number of nitrogens with zero attached hydrogens (tertiary/aromatic N) is 1. The summed E-state index contributed by atoms with van der Waals surface area (Å²) < 4.78 is 0. The Hall–Kier alpha value is -2.15. The van der Waals surface area contributed by atoms with Crippen molar-refractivity contribution in [3.05, 3.63) is 44.8 Å². The van der Waals surface area contributed by atoms with E-state index in [0.717, 1.165) is 11.3 Å². The third-order valence-corrected chi connectivity index (χ3v) is 2.83. The fourth-order valence-electron chi connectivity index (χ4n) is 1.27. The number of aromatic nitrogens is 2. The topological polar surface area (TPSA) is 101 Å². The van der Waals surface area contributed by atoms with Gasteiger partial charge < -0.3 is 16.0 Å². The van der Waals surface area contributed by atoms with Crippen LogP contribution < -0.4 is 15.9 Å². The number of aromatic amines is 1. The molecule has 2 aromatic rings. The number of H-pyrrole nitrogens is 1. The molecule has 0 aliphatic carbocycles. The van der Waals surface area contributed by atoms with E-state index in [1.165, 1.54) is 12.4 Å². The second-order valence-corrected chi connectivity index (χ2v) is 4.16. The fraction of sp³-hybridized carbons (Fsp3) is 0.100. The van der Waals surface area contributed by atoms with Crippen LogP contribution in [0.5, 0.6) is 0 Å². The molecule has 0 saturated heterocycles. The van der Waals surface area contributed by atoms with Crippen molar-refractivity contribution in [2.75, 3.05) is 5.73 Å². The zero-order valence-corrected chi connectivity index (χ0v) is 9.58.